The largest absolute Gasteiger partial charge is 0.490 e. The second-order valence-electron chi connectivity index (χ2n) is 7.03. The number of carbonyl (C=O) groups excluding carboxylic acids is 2. The first-order valence-corrected chi connectivity index (χ1v) is 10.3. The maximum absolute atomic E-state index is 13.2. The Hall–Kier alpha value is -2.51. The molecule has 29 heavy (non-hydrogen) atoms. The number of thiocarbonyl (C=S) groups is 1. The van der Waals surface area contributed by atoms with E-state index in [9.17, 15) is 9.59 Å². The van der Waals surface area contributed by atoms with Crippen molar-refractivity contribution in [1.82, 2.24) is 5.32 Å². The van der Waals surface area contributed by atoms with Gasteiger partial charge in [0.2, 0.25) is 0 Å². The minimum atomic E-state index is -0.514. The fourth-order valence-corrected chi connectivity index (χ4v) is 3.74. The Morgan fingerprint density at radius 3 is 2.55 bits per heavy atom. The minimum absolute atomic E-state index is 0.0175. The highest BCUT2D eigenvalue weighted by atomic mass is 79.9. The van der Waals surface area contributed by atoms with Crippen LogP contribution in [0.25, 0.3) is 6.08 Å². The molecular weight excluding hydrogens is 452 g/mol. The quantitative estimate of drug-likeness (QED) is 0.398. The van der Waals surface area contributed by atoms with Crippen LogP contribution < -0.4 is 15.0 Å². The average Bonchev–Trinajstić information content (AvgIpc) is 2.64. The minimum Gasteiger partial charge on any atom is -0.490 e. The van der Waals surface area contributed by atoms with Gasteiger partial charge in [0, 0.05) is 0 Å². The molecule has 1 saturated heterocycles. The predicted molar refractivity (Wildman–Crippen MR) is 122 cm³/mol. The number of carbonyl (C=O) groups is 2. The summed E-state index contributed by atoms with van der Waals surface area (Å²) in [6.07, 6.45) is 1.59. The number of ether oxygens (including phenoxy) is 1. The van der Waals surface area contributed by atoms with Crippen molar-refractivity contribution in [3.8, 4) is 5.75 Å². The first-order valence-electron chi connectivity index (χ1n) is 9.13. The van der Waals surface area contributed by atoms with E-state index in [-0.39, 0.29) is 16.8 Å². The second kappa shape index (κ2) is 8.47. The van der Waals surface area contributed by atoms with Crippen molar-refractivity contribution < 1.29 is 14.3 Å². The molecule has 0 saturated carbocycles. The van der Waals surface area contributed by atoms with E-state index < -0.39 is 11.8 Å². The summed E-state index contributed by atoms with van der Waals surface area (Å²) in [5.74, 6) is -0.272. The molecule has 1 aliphatic rings. The van der Waals surface area contributed by atoms with E-state index in [2.05, 4.69) is 21.2 Å². The van der Waals surface area contributed by atoms with Crippen LogP contribution in [0.3, 0.4) is 0 Å². The number of halogens is 1. The Morgan fingerprint density at radius 2 is 1.90 bits per heavy atom. The van der Waals surface area contributed by atoms with Crippen LogP contribution in [-0.4, -0.2) is 23.0 Å². The zero-order valence-electron chi connectivity index (χ0n) is 16.6. The van der Waals surface area contributed by atoms with Crippen LogP contribution >= 0.6 is 28.1 Å². The summed E-state index contributed by atoms with van der Waals surface area (Å²) in [4.78, 5) is 27.1. The number of hydrogen-bond donors (Lipinski definition) is 1. The molecule has 1 N–H and O–H groups in total. The monoisotopic (exact) mass is 472 g/mol. The maximum atomic E-state index is 13.2. The zero-order valence-corrected chi connectivity index (χ0v) is 19.0. The third-order valence-electron chi connectivity index (χ3n) is 4.55. The lowest BCUT2D eigenvalue weighted by Gasteiger charge is -2.30. The molecule has 3 rings (SSSR count). The summed E-state index contributed by atoms with van der Waals surface area (Å²) in [6, 6.07) is 11.0. The molecule has 1 aliphatic heterocycles. The van der Waals surface area contributed by atoms with E-state index in [0.717, 1.165) is 15.6 Å². The fourth-order valence-electron chi connectivity index (χ4n) is 2.98. The number of rotatable bonds is 4. The molecule has 0 unspecified atom stereocenters. The van der Waals surface area contributed by atoms with Crippen LogP contribution in [0.15, 0.2) is 46.4 Å². The zero-order chi connectivity index (χ0) is 21.3. The SMILES string of the molecule is Cc1cccc(N2C(=O)/C(=C/c3ccc(OC(C)C)c(Br)c3)C(=O)NC2=S)c1C. The Kier molecular flexibility index (Phi) is 6.19. The van der Waals surface area contributed by atoms with Crippen LogP contribution in [0.5, 0.6) is 5.75 Å². The highest BCUT2D eigenvalue weighted by Crippen LogP contribution is 2.30. The van der Waals surface area contributed by atoms with E-state index >= 15 is 0 Å². The number of benzene rings is 2. The van der Waals surface area contributed by atoms with E-state index in [4.69, 9.17) is 17.0 Å². The molecule has 7 heteroatoms. The molecule has 2 aromatic carbocycles. The summed E-state index contributed by atoms with van der Waals surface area (Å²) in [5, 5.41) is 2.70. The predicted octanol–water partition coefficient (Wildman–Crippen LogP) is 4.68. The lowest BCUT2D eigenvalue weighted by Crippen LogP contribution is -2.54. The topological polar surface area (TPSA) is 58.6 Å². The number of anilines is 1. The normalized spacial score (nSPS) is 15.9. The fraction of sp³-hybridized carbons (Fsp3) is 0.227. The van der Waals surface area contributed by atoms with E-state index in [1.54, 1.807) is 24.3 Å². The van der Waals surface area contributed by atoms with Crippen molar-refractivity contribution in [3.05, 3.63) is 63.1 Å². The van der Waals surface area contributed by atoms with Crippen molar-refractivity contribution in [1.29, 1.82) is 0 Å². The molecule has 1 heterocycles. The van der Waals surface area contributed by atoms with Crippen molar-refractivity contribution in [2.24, 2.45) is 0 Å². The molecule has 150 valence electrons. The third kappa shape index (κ3) is 4.41. The lowest BCUT2D eigenvalue weighted by atomic mass is 10.0. The summed E-state index contributed by atoms with van der Waals surface area (Å²) >= 11 is 8.76. The summed E-state index contributed by atoms with van der Waals surface area (Å²) in [5.41, 5.74) is 3.33. The molecule has 0 aromatic heterocycles. The molecule has 0 spiro atoms. The number of hydrogen-bond acceptors (Lipinski definition) is 4. The van der Waals surface area contributed by atoms with E-state index in [1.165, 1.54) is 4.90 Å². The third-order valence-corrected chi connectivity index (χ3v) is 5.45. The number of amides is 2. The van der Waals surface area contributed by atoms with Crippen molar-refractivity contribution in [3.63, 3.8) is 0 Å². The first kappa shape index (κ1) is 21.2. The molecule has 5 nitrogen and oxygen atoms in total. The molecule has 2 aromatic rings. The molecule has 0 atom stereocenters. The van der Waals surface area contributed by atoms with Gasteiger partial charge in [0.1, 0.15) is 11.3 Å². The smallest absolute Gasteiger partial charge is 0.270 e. The second-order valence-corrected chi connectivity index (χ2v) is 8.27. The molecule has 0 radical (unpaired) electrons. The van der Waals surface area contributed by atoms with Gasteiger partial charge in [0.05, 0.1) is 16.3 Å². The van der Waals surface area contributed by atoms with Gasteiger partial charge in [-0.1, -0.05) is 18.2 Å². The van der Waals surface area contributed by atoms with Gasteiger partial charge in [-0.15, -0.1) is 0 Å². The Bertz CT molecular complexity index is 1050. The van der Waals surface area contributed by atoms with Crippen molar-refractivity contribution in [2.45, 2.75) is 33.8 Å². The van der Waals surface area contributed by atoms with Crippen LogP contribution in [0.4, 0.5) is 5.69 Å². The van der Waals surface area contributed by atoms with Crippen LogP contribution in [0.1, 0.15) is 30.5 Å². The number of aryl methyl sites for hydroxylation is 1. The summed E-state index contributed by atoms with van der Waals surface area (Å²) in [6.45, 7) is 7.77. The molecule has 0 bridgehead atoms. The van der Waals surface area contributed by atoms with Crippen LogP contribution in [0, 0.1) is 13.8 Å². The molecule has 1 fully saturated rings. The Labute approximate surface area is 183 Å². The van der Waals surface area contributed by atoms with E-state index in [0.29, 0.717) is 17.0 Å². The van der Waals surface area contributed by atoms with E-state index in [1.807, 2.05) is 45.9 Å². The molecule has 2 amide bonds. The average molecular weight is 473 g/mol. The summed E-state index contributed by atoms with van der Waals surface area (Å²) in [7, 11) is 0. The highest BCUT2D eigenvalue weighted by Gasteiger charge is 2.35. The van der Waals surface area contributed by atoms with Crippen molar-refractivity contribution >= 4 is 56.8 Å². The highest BCUT2D eigenvalue weighted by molar-refractivity contribution is 9.10. The number of nitrogens with one attached hydrogen (secondary N) is 1. The van der Waals surface area contributed by atoms with Gasteiger partial charge < -0.3 is 4.74 Å². The Morgan fingerprint density at radius 1 is 1.17 bits per heavy atom. The molecular formula is C22H21BrN2O3S. The van der Waals surface area contributed by atoms with Crippen LogP contribution in [0.2, 0.25) is 0 Å². The van der Waals surface area contributed by atoms with Gasteiger partial charge >= 0.3 is 0 Å². The maximum Gasteiger partial charge on any atom is 0.270 e. The van der Waals surface area contributed by atoms with Crippen LogP contribution in [-0.2, 0) is 9.59 Å². The standard InChI is InChI=1S/C22H21BrN2O3S/c1-12(2)28-19-9-8-15(11-17(19)23)10-16-20(26)24-22(29)25(21(16)27)18-7-5-6-13(3)14(18)4/h5-12H,1-4H3,(H,24,26,29)/b16-10+. The first-order chi connectivity index (χ1) is 13.7. The van der Waals surface area contributed by atoms with Gasteiger partial charge in [-0.25, -0.2) is 0 Å². The summed E-state index contributed by atoms with van der Waals surface area (Å²) < 4.78 is 6.45. The lowest BCUT2D eigenvalue weighted by molar-refractivity contribution is -0.122. The van der Waals surface area contributed by atoms with Gasteiger partial charge in [0.15, 0.2) is 5.11 Å². The molecule has 0 aliphatic carbocycles. The van der Waals surface area contributed by atoms with Crippen molar-refractivity contribution in [2.75, 3.05) is 4.90 Å². The number of nitrogens with zero attached hydrogens (tertiary/aromatic N) is 1. The van der Waals surface area contributed by atoms with Gasteiger partial charge in [-0.3, -0.25) is 19.8 Å². The Balaban J connectivity index is 2.00. The van der Waals surface area contributed by atoms with Gasteiger partial charge in [-0.05, 0) is 96.8 Å². The van der Waals surface area contributed by atoms with Gasteiger partial charge in [-0.2, -0.15) is 0 Å². The van der Waals surface area contributed by atoms with Gasteiger partial charge in [0.25, 0.3) is 11.8 Å².